The Hall–Kier alpha value is -3.12. The Labute approximate surface area is 168 Å². The molecule has 144 valence electrons. The monoisotopic (exact) mass is 396 g/mol. The normalized spacial score (nSPS) is 11.0. The van der Waals surface area contributed by atoms with Crippen LogP contribution < -0.4 is 10.2 Å². The minimum absolute atomic E-state index is 0.129. The zero-order chi connectivity index (χ0) is 20.1. The molecule has 0 fully saturated rings. The second kappa shape index (κ2) is 8.71. The number of para-hydroxylation sites is 1. The number of carbonyl (C=O) groups excluding carboxylic acids is 1. The van der Waals surface area contributed by atoms with E-state index in [2.05, 4.69) is 15.6 Å². The Morgan fingerprint density at radius 2 is 1.86 bits per heavy atom. The standard InChI is InChI=1S/C21H21ClN4O2/c1-14-9-15(2)11-18(10-14)28-13-20(27)24-23-12-19-16(3)25-26(21(19)22)17-7-5-4-6-8-17/h4-12H,13H2,1-3H3,(H,24,27)/b23-12-. The van der Waals surface area contributed by atoms with Crippen LogP contribution in [0.3, 0.4) is 0 Å². The third kappa shape index (κ3) is 4.78. The summed E-state index contributed by atoms with van der Waals surface area (Å²) in [6.45, 7) is 5.66. The highest BCUT2D eigenvalue weighted by molar-refractivity contribution is 6.32. The summed E-state index contributed by atoms with van der Waals surface area (Å²) in [4.78, 5) is 12.0. The van der Waals surface area contributed by atoms with E-state index < -0.39 is 0 Å². The Kier molecular flexibility index (Phi) is 6.11. The van der Waals surface area contributed by atoms with E-state index in [1.165, 1.54) is 6.21 Å². The molecule has 1 N–H and O–H groups in total. The molecule has 3 aromatic rings. The van der Waals surface area contributed by atoms with Gasteiger partial charge in [-0.25, -0.2) is 10.1 Å². The van der Waals surface area contributed by atoms with Crippen molar-refractivity contribution in [2.75, 3.05) is 6.61 Å². The van der Waals surface area contributed by atoms with Gasteiger partial charge < -0.3 is 4.74 Å². The second-order valence-electron chi connectivity index (χ2n) is 6.44. The molecule has 0 spiro atoms. The van der Waals surface area contributed by atoms with Crippen LogP contribution in [0.25, 0.3) is 5.69 Å². The first kappa shape index (κ1) is 19.6. The molecule has 0 aliphatic rings. The topological polar surface area (TPSA) is 68.5 Å². The Bertz CT molecular complexity index is 992. The van der Waals surface area contributed by atoms with Crippen LogP contribution in [-0.2, 0) is 4.79 Å². The van der Waals surface area contributed by atoms with Crippen molar-refractivity contribution in [1.29, 1.82) is 0 Å². The van der Waals surface area contributed by atoms with E-state index in [4.69, 9.17) is 16.3 Å². The number of benzene rings is 2. The molecular weight excluding hydrogens is 376 g/mol. The number of ether oxygens (including phenoxy) is 1. The molecule has 0 saturated carbocycles. The number of aromatic nitrogens is 2. The van der Waals surface area contributed by atoms with Gasteiger partial charge >= 0.3 is 0 Å². The summed E-state index contributed by atoms with van der Waals surface area (Å²) in [6, 6.07) is 15.4. The maximum Gasteiger partial charge on any atom is 0.277 e. The average molecular weight is 397 g/mol. The highest BCUT2D eigenvalue weighted by atomic mass is 35.5. The third-order valence-electron chi connectivity index (χ3n) is 4.00. The van der Waals surface area contributed by atoms with Gasteiger partial charge in [0.05, 0.1) is 23.2 Å². The maximum absolute atomic E-state index is 12.0. The van der Waals surface area contributed by atoms with E-state index in [1.54, 1.807) is 4.68 Å². The maximum atomic E-state index is 12.0. The van der Waals surface area contributed by atoms with Crippen molar-refractivity contribution in [2.24, 2.45) is 5.10 Å². The molecule has 0 bridgehead atoms. The molecule has 6 nitrogen and oxygen atoms in total. The highest BCUT2D eigenvalue weighted by Gasteiger charge is 2.13. The van der Waals surface area contributed by atoms with Crippen LogP contribution in [0.1, 0.15) is 22.4 Å². The smallest absolute Gasteiger partial charge is 0.277 e. The largest absolute Gasteiger partial charge is 0.484 e. The molecule has 0 atom stereocenters. The summed E-state index contributed by atoms with van der Waals surface area (Å²) in [6.07, 6.45) is 1.48. The number of aryl methyl sites for hydroxylation is 3. The molecule has 0 radical (unpaired) electrons. The van der Waals surface area contributed by atoms with Crippen LogP contribution in [0.2, 0.25) is 5.15 Å². The van der Waals surface area contributed by atoms with E-state index in [0.29, 0.717) is 22.2 Å². The predicted molar refractivity (Wildman–Crippen MR) is 110 cm³/mol. The highest BCUT2D eigenvalue weighted by Crippen LogP contribution is 2.21. The van der Waals surface area contributed by atoms with Gasteiger partial charge in [-0.1, -0.05) is 35.9 Å². The van der Waals surface area contributed by atoms with E-state index in [9.17, 15) is 4.79 Å². The van der Waals surface area contributed by atoms with Gasteiger partial charge in [-0.15, -0.1) is 0 Å². The first-order valence-corrected chi connectivity index (χ1v) is 9.15. The summed E-state index contributed by atoms with van der Waals surface area (Å²) in [7, 11) is 0. The molecule has 2 aromatic carbocycles. The first-order valence-electron chi connectivity index (χ1n) is 8.77. The SMILES string of the molecule is Cc1cc(C)cc(OCC(=O)N/N=C\c2c(C)nn(-c3ccccc3)c2Cl)c1. The van der Waals surface area contributed by atoms with Crippen molar-refractivity contribution in [3.63, 3.8) is 0 Å². The number of nitrogens with zero attached hydrogens (tertiary/aromatic N) is 3. The Morgan fingerprint density at radius 3 is 2.54 bits per heavy atom. The number of nitrogens with one attached hydrogen (secondary N) is 1. The predicted octanol–water partition coefficient (Wildman–Crippen LogP) is 3.98. The molecule has 1 aromatic heterocycles. The van der Waals surface area contributed by atoms with Crippen LogP contribution >= 0.6 is 11.6 Å². The zero-order valence-corrected chi connectivity index (χ0v) is 16.7. The molecule has 1 heterocycles. The Balaban J connectivity index is 1.61. The van der Waals surface area contributed by atoms with Gasteiger partial charge in [0, 0.05) is 0 Å². The van der Waals surface area contributed by atoms with Crippen LogP contribution in [0.5, 0.6) is 5.75 Å². The van der Waals surface area contributed by atoms with Crippen molar-refractivity contribution >= 4 is 23.7 Å². The van der Waals surface area contributed by atoms with Gasteiger partial charge in [0.25, 0.3) is 5.91 Å². The first-order chi connectivity index (χ1) is 13.4. The van der Waals surface area contributed by atoms with Crippen molar-refractivity contribution in [3.8, 4) is 11.4 Å². The minimum atomic E-state index is -0.361. The molecule has 0 saturated heterocycles. The second-order valence-corrected chi connectivity index (χ2v) is 6.80. The number of hydrogen-bond donors (Lipinski definition) is 1. The summed E-state index contributed by atoms with van der Waals surface area (Å²) >= 11 is 6.42. The number of hydrazone groups is 1. The fourth-order valence-corrected chi connectivity index (χ4v) is 3.09. The van der Waals surface area contributed by atoms with Crippen LogP contribution in [0, 0.1) is 20.8 Å². The average Bonchev–Trinajstić information content (AvgIpc) is 2.94. The van der Waals surface area contributed by atoms with Gasteiger partial charge in [-0.05, 0) is 56.2 Å². The van der Waals surface area contributed by atoms with Crippen LogP contribution in [0.4, 0.5) is 0 Å². The molecule has 28 heavy (non-hydrogen) atoms. The van der Waals surface area contributed by atoms with Gasteiger partial charge in [0.2, 0.25) is 0 Å². The van der Waals surface area contributed by atoms with Gasteiger partial charge in [-0.2, -0.15) is 10.2 Å². The zero-order valence-electron chi connectivity index (χ0n) is 15.9. The summed E-state index contributed by atoms with van der Waals surface area (Å²) < 4.78 is 7.14. The van der Waals surface area contributed by atoms with Gasteiger partial charge in [-0.3, -0.25) is 4.79 Å². The molecule has 0 aliphatic carbocycles. The molecule has 7 heteroatoms. The van der Waals surface area contributed by atoms with E-state index in [-0.39, 0.29) is 12.5 Å². The van der Waals surface area contributed by atoms with Crippen molar-refractivity contribution in [3.05, 3.63) is 76.1 Å². The van der Waals surface area contributed by atoms with E-state index in [1.807, 2.05) is 69.3 Å². The minimum Gasteiger partial charge on any atom is -0.484 e. The number of halogens is 1. The van der Waals surface area contributed by atoms with Crippen LogP contribution in [0.15, 0.2) is 53.6 Å². The lowest BCUT2D eigenvalue weighted by molar-refractivity contribution is -0.123. The number of carbonyl (C=O) groups is 1. The summed E-state index contributed by atoms with van der Waals surface area (Å²) in [5, 5.41) is 8.83. The van der Waals surface area contributed by atoms with E-state index >= 15 is 0 Å². The Morgan fingerprint density at radius 1 is 1.18 bits per heavy atom. The molecule has 0 aliphatic heterocycles. The van der Waals surface area contributed by atoms with Crippen molar-refractivity contribution in [2.45, 2.75) is 20.8 Å². The fraction of sp³-hybridized carbons (Fsp3) is 0.190. The molecule has 3 rings (SSSR count). The van der Waals surface area contributed by atoms with Crippen LogP contribution in [-0.4, -0.2) is 28.5 Å². The fourth-order valence-electron chi connectivity index (χ4n) is 2.76. The quantitative estimate of drug-likeness (QED) is 0.506. The lowest BCUT2D eigenvalue weighted by atomic mass is 10.1. The van der Waals surface area contributed by atoms with Gasteiger partial charge in [0.15, 0.2) is 6.61 Å². The molecule has 1 amide bonds. The number of amides is 1. The number of rotatable bonds is 6. The summed E-state index contributed by atoms with van der Waals surface area (Å²) in [5.41, 5.74) is 6.79. The van der Waals surface area contributed by atoms with E-state index in [0.717, 1.165) is 16.8 Å². The summed E-state index contributed by atoms with van der Waals surface area (Å²) in [5.74, 6) is 0.291. The lowest BCUT2D eigenvalue weighted by Gasteiger charge is -2.07. The molecule has 0 unspecified atom stereocenters. The van der Waals surface area contributed by atoms with Crippen molar-refractivity contribution < 1.29 is 9.53 Å². The van der Waals surface area contributed by atoms with Crippen molar-refractivity contribution in [1.82, 2.24) is 15.2 Å². The third-order valence-corrected chi connectivity index (χ3v) is 4.36. The van der Waals surface area contributed by atoms with Gasteiger partial charge in [0.1, 0.15) is 10.9 Å². The lowest BCUT2D eigenvalue weighted by Crippen LogP contribution is -2.24. The number of hydrogen-bond acceptors (Lipinski definition) is 4. The molecular formula is C21H21ClN4O2.